The molecule has 0 fully saturated rings. The molecule has 1 amide bonds. The fourth-order valence-electron chi connectivity index (χ4n) is 1.69. The molecule has 0 saturated heterocycles. The van der Waals surface area contributed by atoms with E-state index in [0.29, 0.717) is 0 Å². The first-order valence-corrected chi connectivity index (χ1v) is 6.88. The molecule has 0 aliphatic rings. The Morgan fingerprint density at radius 2 is 1.95 bits per heavy atom. The quantitative estimate of drug-likeness (QED) is 0.646. The number of nitro groups is 1. The van der Waals surface area contributed by atoms with E-state index in [1.807, 2.05) is 6.07 Å². The van der Waals surface area contributed by atoms with Gasteiger partial charge >= 0.3 is 11.8 Å². The summed E-state index contributed by atoms with van der Waals surface area (Å²) in [6.45, 7) is -0.000515. The van der Waals surface area contributed by atoms with Crippen LogP contribution in [-0.2, 0) is 11.3 Å². The number of nitro benzene ring substituents is 1. The van der Waals surface area contributed by atoms with Gasteiger partial charge in [-0.05, 0) is 33.6 Å². The lowest BCUT2D eigenvalue weighted by molar-refractivity contribution is -0.386. The highest BCUT2D eigenvalue weighted by Crippen LogP contribution is 2.32. The van der Waals surface area contributed by atoms with Crippen LogP contribution in [0.1, 0.15) is 5.56 Å². The fourth-order valence-corrected chi connectivity index (χ4v) is 2.01. The summed E-state index contributed by atoms with van der Waals surface area (Å²) in [7, 11) is 0. The maximum absolute atomic E-state index is 13.7. The number of benzene rings is 2. The van der Waals surface area contributed by atoms with E-state index in [0.717, 1.165) is 5.56 Å². The molecule has 0 saturated carbocycles. The third kappa shape index (κ3) is 3.79. The zero-order valence-electron chi connectivity index (χ0n) is 11.1. The lowest BCUT2D eigenvalue weighted by Gasteiger charge is -2.08. The second-order valence-corrected chi connectivity index (χ2v) is 5.06. The Morgan fingerprint density at radius 3 is 2.59 bits per heavy atom. The number of amides is 1. The highest BCUT2D eigenvalue weighted by Gasteiger charge is 2.24. The summed E-state index contributed by atoms with van der Waals surface area (Å²) >= 11 is 2.85. The standard InChI is InChI=1S/C14H10BrFN2O4/c15-10-6-7-11(13(12(10)16)18(20)21)17-14(19)22-8-9-4-2-1-3-5-9/h1-7H,8H2,(H,17,19). The van der Waals surface area contributed by atoms with E-state index in [-0.39, 0.29) is 16.8 Å². The number of anilines is 1. The lowest BCUT2D eigenvalue weighted by Crippen LogP contribution is -2.15. The van der Waals surface area contributed by atoms with Crippen molar-refractivity contribution in [1.29, 1.82) is 0 Å². The number of carbonyl (C=O) groups excluding carboxylic acids is 1. The number of hydrogen-bond acceptors (Lipinski definition) is 4. The monoisotopic (exact) mass is 368 g/mol. The maximum Gasteiger partial charge on any atom is 0.412 e. The van der Waals surface area contributed by atoms with Gasteiger partial charge in [-0.15, -0.1) is 0 Å². The van der Waals surface area contributed by atoms with E-state index >= 15 is 0 Å². The molecule has 114 valence electrons. The van der Waals surface area contributed by atoms with Crippen LogP contribution >= 0.6 is 15.9 Å². The molecule has 0 heterocycles. The average molecular weight is 369 g/mol. The second kappa shape index (κ2) is 6.99. The van der Waals surface area contributed by atoms with Crippen molar-refractivity contribution in [1.82, 2.24) is 0 Å². The van der Waals surface area contributed by atoms with Crippen LogP contribution in [0.15, 0.2) is 46.9 Å². The Hall–Kier alpha value is -2.48. The maximum atomic E-state index is 13.7. The topological polar surface area (TPSA) is 81.5 Å². The van der Waals surface area contributed by atoms with E-state index in [4.69, 9.17) is 4.74 Å². The first-order chi connectivity index (χ1) is 10.5. The minimum absolute atomic E-state index is 0.000515. The number of nitrogens with zero attached hydrogens (tertiary/aromatic N) is 1. The highest BCUT2D eigenvalue weighted by atomic mass is 79.9. The fraction of sp³-hybridized carbons (Fsp3) is 0.0714. The third-order valence-electron chi connectivity index (χ3n) is 2.70. The van der Waals surface area contributed by atoms with Crippen LogP contribution in [-0.4, -0.2) is 11.0 Å². The summed E-state index contributed by atoms with van der Waals surface area (Å²) in [6.07, 6.45) is -0.909. The molecule has 8 heteroatoms. The molecule has 0 aromatic heterocycles. The molecule has 0 unspecified atom stereocenters. The van der Waals surface area contributed by atoms with Gasteiger partial charge in [0, 0.05) is 0 Å². The lowest BCUT2D eigenvalue weighted by atomic mass is 10.2. The van der Waals surface area contributed by atoms with Crippen LogP contribution in [0.4, 0.5) is 20.6 Å². The van der Waals surface area contributed by atoms with Gasteiger partial charge in [-0.2, -0.15) is 4.39 Å². The van der Waals surface area contributed by atoms with Crippen molar-refractivity contribution in [3.63, 3.8) is 0 Å². The van der Waals surface area contributed by atoms with Crippen molar-refractivity contribution in [3.8, 4) is 0 Å². The van der Waals surface area contributed by atoms with E-state index in [1.165, 1.54) is 12.1 Å². The molecular formula is C14H10BrFN2O4. The smallest absolute Gasteiger partial charge is 0.412 e. The minimum atomic E-state index is -1.06. The van der Waals surface area contributed by atoms with E-state index < -0.39 is 22.5 Å². The van der Waals surface area contributed by atoms with Gasteiger partial charge in [0.05, 0.1) is 9.40 Å². The van der Waals surface area contributed by atoms with Crippen LogP contribution in [0.2, 0.25) is 0 Å². The molecule has 0 atom stereocenters. The van der Waals surface area contributed by atoms with E-state index in [9.17, 15) is 19.3 Å². The van der Waals surface area contributed by atoms with Crippen LogP contribution in [0.5, 0.6) is 0 Å². The first-order valence-electron chi connectivity index (χ1n) is 6.09. The largest absolute Gasteiger partial charge is 0.444 e. The molecule has 0 aliphatic carbocycles. The summed E-state index contributed by atoms with van der Waals surface area (Å²) < 4.78 is 18.6. The number of halogens is 2. The molecule has 2 rings (SSSR count). The minimum Gasteiger partial charge on any atom is -0.444 e. The molecule has 22 heavy (non-hydrogen) atoms. The van der Waals surface area contributed by atoms with Crippen LogP contribution in [0, 0.1) is 15.9 Å². The molecule has 6 nitrogen and oxygen atoms in total. The predicted octanol–water partition coefficient (Wildman–Crippen LogP) is 4.25. The summed E-state index contributed by atoms with van der Waals surface area (Å²) in [4.78, 5) is 21.7. The SMILES string of the molecule is O=C(Nc1ccc(Br)c(F)c1[N+](=O)[O-])OCc1ccccc1. The zero-order chi connectivity index (χ0) is 16.1. The van der Waals surface area contributed by atoms with Crippen LogP contribution in [0.25, 0.3) is 0 Å². The van der Waals surface area contributed by atoms with Gasteiger partial charge in [0.25, 0.3) is 0 Å². The van der Waals surface area contributed by atoms with Gasteiger partial charge in [0.2, 0.25) is 5.82 Å². The average Bonchev–Trinajstić information content (AvgIpc) is 2.50. The molecule has 0 aliphatic heterocycles. The predicted molar refractivity (Wildman–Crippen MR) is 81.0 cm³/mol. The molecule has 2 aromatic rings. The highest BCUT2D eigenvalue weighted by molar-refractivity contribution is 9.10. The number of ether oxygens (including phenoxy) is 1. The molecule has 2 aromatic carbocycles. The number of nitrogens with one attached hydrogen (secondary N) is 1. The number of rotatable bonds is 4. The Labute approximate surface area is 133 Å². The van der Waals surface area contributed by atoms with Gasteiger partial charge in [0.1, 0.15) is 12.3 Å². The van der Waals surface area contributed by atoms with E-state index in [2.05, 4.69) is 21.2 Å². The molecule has 0 spiro atoms. The Morgan fingerprint density at radius 1 is 1.27 bits per heavy atom. The normalized spacial score (nSPS) is 10.1. The Kier molecular flexibility index (Phi) is 5.05. The first kappa shape index (κ1) is 15.9. The van der Waals surface area contributed by atoms with E-state index in [1.54, 1.807) is 24.3 Å². The van der Waals surface area contributed by atoms with Crippen molar-refractivity contribution in [3.05, 3.63) is 68.4 Å². The van der Waals surface area contributed by atoms with Gasteiger partial charge in [0.15, 0.2) is 0 Å². The third-order valence-corrected chi connectivity index (χ3v) is 3.31. The summed E-state index contributed by atoms with van der Waals surface area (Å²) in [6, 6.07) is 11.4. The molecule has 0 radical (unpaired) electrons. The van der Waals surface area contributed by atoms with Crippen LogP contribution < -0.4 is 5.32 Å². The van der Waals surface area contributed by atoms with Crippen molar-refractivity contribution in [2.45, 2.75) is 6.61 Å². The van der Waals surface area contributed by atoms with Gasteiger partial charge in [-0.1, -0.05) is 30.3 Å². The summed E-state index contributed by atoms with van der Waals surface area (Å²) in [5, 5.41) is 13.1. The van der Waals surface area contributed by atoms with Crippen LogP contribution in [0.3, 0.4) is 0 Å². The van der Waals surface area contributed by atoms with Gasteiger partial charge in [-0.3, -0.25) is 15.4 Å². The molecule has 1 N–H and O–H groups in total. The van der Waals surface area contributed by atoms with Crippen molar-refractivity contribution >= 4 is 33.4 Å². The Balaban J connectivity index is 2.09. The number of carbonyl (C=O) groups is 1. The zero-order valence-corrected chi connectivity index (χ0v) is 12.7. The summed E-state index contributed by atoms with van der Waals surface area (Å²) in [5.74, 6) is -1.06. The van der Waals surface area contributed by atoms with Crippen molar-refractivity contribution in [2.75, 3.05) is 5.32 Å². The second-order valence-electron chi connectivity index (χ2n) is 4.20. The van der Waals surface area contributed by atoms with Gasteiger partial charge in [-0.25, -0.2) is 4.79 Å². The van der Waals surface area contributed by atoms with Gasteiger partial charge < -0.3 is 4.74 Å². The van der Waals surface area contributed by atoms with Crippen molar-refractivity contribution < 1.29 is 18.8 Å². The Bertz CT molecular complexity index is 709. The van der Waals surface area contributed by atoms with Crippen molar-refractivity contribution in [2.24, 2.45) is 0 Å². The summed E-state index contributed by atoms with van der Waals surface area (Å²) in [5.41, 5.74) is -0.344. The molecular weight excluding hydrogens is 359 g/mol. The molecule has 0 bridgehead atoms. The number of hydrogen-bond donors (Lipinski definition) is 1.